The molecule has 0 aromatic heterocycles. The molecule has 0 bridgehead atoms. The number of nitrogens with zero attached hydrogens (tertiary/aromatic N) is 1. The van der Waals surface area contributed by atoms with Gasteiger partial charge in [0.05, 0.1) is 22.9 Å². The van der Waals surface area contributed by atoms with Crippen LogP contribution in [0.5, 0.6) is 5.75 Å². The molecule has 1 aromatic carbocycles. The Balaban J connectivity index is 2.09. The molecule has 8 nitrogen and oxygen atoms in total. The molecule has 1 amide bonds. The number of hydrogen-bond donors (Lipinski definition) is 2. The lowest BCUT2D eigenvalue weighted by atomic mass is 10.2. The van der Waals surface area contributed by atoms with E-state index in [1.807, 2.05) is 6.92 Å². The molecule has 0 spiro atoms. The maximum Gasteiger partial charge on any atom is 0.239 e. The van der Waals surface area contributed by atoms with E-state index in [9.17, 15) is 26.7 Å². The summed E-state index contributed by atoms with van der Waals surface area (Å²) in [4.78, 5) is 12.0. The van der Waals surface area contributed by atoms with Crippen molar-refractivity contribution >= 4 is 37.1 Å². The van der Waals surface area contributed by atoms with Crippen molar-refractivity contribution in [1.29, 1.82) is 0 Å². The molecule has 0 aliphatic carbocycles. The summed E-state index contributed by atoms with van der Waals surface area (Å²) in [5.41, 5.74) is 0.305. The van der Waals surface area contributed by atoms with Crippen LogP contribution in [0.25, 0.3) is 0 Å². The highest BCUT2D eigenvalue weighted by Gasteiger charge is 2.29. The number of amides is 1. The maximum absolute atomic E-state index is 12.0. The number of sulfone groups is 1. The standard InChI is InChI=1S/C16H24N2O6S2/c1-2-3-4-9-25(21,22)12-16(20)17-14-11-13(6-7-15(14)19)18-8-5-10-26(18,23)24/h6-7,11,19H,2-5,8-10,12H2,1H3,(H,17,20). The number of rotatable bonds is 8. The second kappa shape index (κ2) is 8.26. The van der Waals surface area contributed by atoms with E-state index < -0.39 is 31.5 Å². The molecule has 1 saturated heterocycles. The Bertz CT molecular complexity index is 865. The van der Waals surface area contributed by atoms with Crippen LogP contribution in [0.1, 0.15) is 32.6 Å². The zero-order valence-electron chi connectivity index (χ0n) is 14.6. The first-order valence-electron chi connectivity index (χ1n) is 8.48. The molecule has 0 unspecified atom stereocenters. The number of anilines is 2. The highest BCUT2D eigenvalue weighted by Crippen LogP contribution is 2.32. The number of sulfonamides is 1. The summed E-state index contributed by atoms with van der Waals surface area (Å²) < 4.78 is 49.1. The summed E-state index contributed by atoms with van der Waals surface area (Å²) >= 11 is 0. The Morgan fingerprint density at radius 3 is 2.65 bits per heavy atom. The summed E-state index contributed by atoms with van der Waals surface area (Å²) in [6.45, 7) is 2.28. The molecule has 10 heteroatoms. The number of aromatic hydroxyl groups is 1. The van der Waals surface area contributed by atoms with E-state index >= 15 is 0 Å². The molecule has 2 N–H and O–H groups in total. The molecule has 2 rings (SSSR count). The molecule has 0 radical (unpaired) electrons. The average Bonchev–Trinajstić information content (AvgIpc) is 2.88. The zero-order valence-corrected chi connectivity index (χ0v) is 16.3. The fourth-order valence-electron chi connectivity index (χ4n) is 2.74. The Morgan fingerprint density at radius 2 is 2.04 bits per heavy atom. The molecule has 146 valence electrons. The van der Waals surface area contributed by atoms with Crippen LogP contribution in [-0.2, 0) is 24.7 Å². The van der Waals surface area contributed by atoms with Gasteiger partial charge in [0.1, 0.15) is 11.5 Å². The van der Waals surface area contributed by atoms with Crippen molar-refractivity contribution in [2.45, 2.75) is 32.6 Å². The summed E-state index contributed by atoms with van der Waals surface area (Å²) in [5, 5.41) is 12.3. The second-order valence-electron chi connectivity index (χ2n) is 6.29. The normalized spacial score (nSPS) is 16.6. The minimum atomic E-state index is -3.53. The van der Waals surface area contributed by atoms with E-state index in [2.05, 4.69) is 5.32 Å². The van der Waals surface area contributed by atoms with Crippen molar-refractivity contribution in [3.63, 3.8) is 0 Å². The van der Waals surface area contributed by atoms with Crippen LogP contribution >= 0.6 is 0 Å². The maximum atomic E-state index is 12.0. The molecule has 26 heavy (non-hydrogen) atoms. The molecule has 1 aliphatic heterocycles. The highest BCUT2D eigenvalue weighted by atomic mass is 32.2. The number of phenols is 1. The topological polar surface area (TPSA) is 121 Å². The number of unbranched alkanes of at least 4 members (excludes halogenated alkanes) is 2. The fraction of sp³-hybridized carbons (Fsp3) is 0.562. The lowest BCUT2D eigenvalue weighted by Crippen LogP contribution is -2.26. The van der Waals surface area contributed by atoms with Gasteiger partial charge < -0.3 is 10.4 Å². The number of benzene rings is 1. The van der Waals surface area contributed by atoms with Gasteiger partial charge >= 0.3 is 0 Å². The van der Waals surface area contributed by atoms with Crippen LogP contribution in [0.4, 0.5) is 11.4 Å². The third-order valence-electron chi connectivity index (χ3n) is 4.05. The number of carbonyl (C=O) groups excluding carboxylic acids is 1. The van der Waals surface area contributed by atoms with Gasteiger partial charge in [-0.15, -0.1) is 0 Å². The largest absolute Gasteiger partial charge is 0.506 e. The van der Waals surface area contributed by atoms with Crippen molar-refractivity contribution in [3.05, 3.63) is 18.2 Å². The first-order chi connectivity index (χ1) is 12.1. The molecule has 1 aliphatic rings. The third-order valence-corrected chi connectivity index (χ3v) is 7.53. The number of nitrogens with one attached hydrogen (secondary N) is 1. The summed E-state index contributed by atoms with van der Waals surface area (Å²) in [7, 11) is -6.93. The van der Waals surface area contributed by atoms with E-state index in [1.165, 1.54) is 22.5 Å². The molecule has 1 aromatic rings. The van der Waals surface area contributed by atoms with Crippen LogP contribution < -0.4 is 9.62 Å². The quantitative estimate of drug-likeness (QED) is 0.500. The first-order valence-corrected chi connectivity index (χ1v) is 11.9. The Kier molecular flexibility index (Phi) is 6.51. The van der Waals surface area contributed by atoms with E-state index in [0.717, 1.165) is 12.8 Å². The molecular formula is C16H24N2O6S2. The minimum absolute atomic E-state index is 0.0154. The minimum Gasteiger partial charge on any atom is -0.506 e. The van der Waals surface area contributed by atoms with E-state index in [0.29, 0.717) is 25.1 Å². The molecule has 0 atom stereocenters. The number of phenolic OH excluding ortho intramolecular Hbond substituents is 1. The number of carbonyl (C=O) groups is 1. The lowest BCUT2D eigenvalue weighted by molar-refractivity contribution is -0.113. The zero-order chi connectivity index (χ0) is 19.4. The fourth-order valence-corrected chi connectivity index (χ4v) is 5.56. The van der Waals surface area contributed by atoms with Crippen LogP contribution in [0.2, 0.25) is 0 Å². The van der Waals surface area contributed by atoms with Gasteiger partial charge in [-0.1, -0.05) is 19.8 Å². The van der Waals surface area contributed by atoms with E-state index in [1.54, 1.807) is 0 Å². The lowest BCUT2D eigenvalue weighted by Gasteiger charge is -2.18. The van der Waals surface area contributed by atoms with E-state index in [4.69, 9.17) is 0 Å². The highest BCUT2D eigenvalue weighted by molar-refractivity contribution is 7.93. The van der Waals surface area contributed by atoms with Crippen LogP contribution in [0.3, 0.4) is 0 Å². The Hall–Kier alpha value is -1.81. The average molecular weight is 405 g/mol. The van der Waals surface area contributed by atoms with Gasteiger partial charge in [0.25, 0.3) is 0 Å². The number of hydrogen-bond acceptors (Lipinski definition) is 6. The van der Waals surface area contributed by atoms with Gasteiger partial charge in [-0.05, 0) is 31.0 Å². The Labute approximate surface area is 154 Å². The van der Waals surface area contributed by atoms with Gasteiger partial charge in [0.2, 0.25) is 15.9 Å². The monoisotopic (exact) mass is 404 g/mol. The van der Waals surface area contributed by atoms with Gasteiger partial charge in [-0.2, -0.15) is 0 Å². The van der Waals surface area contributed by atoms with E-state index in [-0.39, 0.29) is 22.9 Å². The van der Waals surface area contributed by atoms with Crippen molar-refractivity contribution < 1.29 is 26.7 Å². The van der Waals surface area contributed by atoms with Crippen LogP contribution in [0, 0.1) is 0 Å². The molecule has 1 fully saturated rings. The SMILES string of the molecule is CCCCCS(=O)(=O)CC(=O)Nc1cc(N2CCCS2(=O)=O)ccc1O. The van der Waals surface area contributed by atoms with Crippen molar-refractivity contribution in [2.75, 3.05) is 33.4 Å². The van der Waals surface area contributed by atoms with Gasteiger partial charge in [-0.25, -0.2) is 16.8 Å². The van der Waals surface area contributed by atoms with Crippen LogP contribution in [0.15, 0.2) is 18.2 Å². The smallest absolute Gasteiger partial charge is 0.239 e. The second-order valence-corrected chi connectivity index (χ2v) is 10.5. The van der Waals surface area contributed by atoms with Crippen LogP contribution in [-0.4, -0.2) is 51.7 Å². The summed E-state index contributed by atoms with van der Waals surface area (Å²) in [6.07, 6.45) is 2.65. The molecule has 0 saturated carbocycles. The first kappa shape index (κ1) is 20.5. The summed E-state index contributed by atoms with van der Waals surface area (Å²) in [5.74, 6) is -1.72. The Morgan fingerprint density at radius 1 is 1.31 bits per heavy atom. The predicted molar refractivity (Wildman–Crippen MR) is 101 cm³/mol. The molecular weight excluding hydrogens is 380 g/mol. The van der Waals surface area contributed by atoms with Gasteiger partial charge in [-0.3, -0.25) is 9.10 Å². The van der Waals surface area contributed by atoms with Crippen molar-refractivity contribution in [1.82, 2.24) is 0 Å². The van der Waals surface area contributed by atoms with Crippen molar-refractivity contribution in [2.24, 2.45) is 0 Å². The summed E-state index contributed by atoms with van der Waals surface area (Å²) in [6, 6.07) is 4.05. The van der Waals surface area contributed by atoms with Gasteiger partial charge in [0, 0.05) is 6.54 Å². The van der Waals surface area contributed by atoms with Gasteiger partial charge in [0.15, 0.2) is 9.84 Å². The van der Waals surface area contributed by atoms with Crippen molar-refractivity contribution in [3.8, 4) is 5.75 Å². The predicted octanol–water partition coefficient (Wildman–Crippen LogP) is 1.48. The third kappa shape index (κ3) is 5.34. The molecule has 1 heterocycles.